The Balaban J connectivity index is 1.84. The first kappa shape index (κ1) is 18.6. The fourth-order valence-electron chi connectivity index (χ4n) is 2.84. The van der Waals surface area contributed by atoms with E-state index in [1.54, 1.807) is 39.5 Å². The lowest BCUT2D eigenvalue weighted by molar-refractivity contribution is -0.113. The number of nitrogens with zero attached hydrogens (tertiary/aromatic N) is 3. The summed E-state index contributed by atoms with van der Waals surface area (Å²) in [4.78, 5) is 21.6. The number of aliphatic imine (C=N–C) groups is 1. The number of carbonyl (C=O) groups is 1. The zero-order valence-electron chi connectivity index (χ0n) is 15.4. The predicted octanol–water partition coefficient (Wildman–Crippen LogP) is 1.93. The quantitative estimate of drug-likeness (QED) is 0.743. The lowest BCUT2D eigenvalue weighted by atomic mass is 10.1. The van der Waals surface area contributed by atoms with Crippen LogP contribution in [-0.4, -0.2) is 75.4 Å². The number of thioether (sulfide) groups is 1. The van der Waals surface area contributed by atoms with Gasteiger partial charge in [0, 0.05) is 37.8 Å². The van der Waals surface area contributed by atoms with Crippen molar-refractivity contribution in [3.8, 4) is 17.2 Å². The predicted molar refractivity (Wildman–Crippen MR) is 103 cm³/mol. The van der Waals surface area contributed by atoms with Crippen LogP contribution in [0.4, 0.5) is 0 Å². The summed E-state index contributed by atoms with van der Waals surface area (Å²) in [6.07, 6.45) is 1.79. The van der Waals surface area contributed by atoms with E-state index >= 15 is 0 Å². The monoisotopic (exact) mass is 377 g/mol. The third-order valence-electron chi connectivity index (χ3n) is 4.41. The van der Waals surface area contributed by atoms with Crippen molar-refractivity contribution in [2.24, 2.45) is 4.99 Å². The second kappa shape index (κ2) is 8.01. The standard InChI is InChI=1S/C18H23N3O4S/c1-20-5-7-21(8-6-20)18-19-17(22)16(26-18)10-12-9-14(24-3)15(25-4)11-13(12)23-2/h9-11H,5-8H2,1-4H3. The van der Waals surface area contributed by atoms with E-state index in [1.165, 1.54) is 11.8 Å². The van der Waals surface area contributed by atoms with Crippen LogP contribution in [0.3, 0.4) is 0 Å². The number of rotatable bonds is 4. The van der Waals surface area contributed by atoms with Crippen LogP contribution >= 0.6 is 11.8 Å². The Bertz CT molecular complexity index is 755. The molecule has 1 aromatic carbocycles. The number of likely N-dealkylation sites (N-methyl/N-ethyl adjacent to an activating group) is 1. The highest BCUT2D eigenvalue weighted by atomic mass is 32.2. The number of benzene rings is 1. The number of carbonyl (C=O) groups excluding carboxylic acids is 1. The number of piperazine rings is 1. The second-order valence-corrected chi connectivity index (χ2v) is 7.06. The van der Waals surface area contributed by atoms with E-state index in [4.69, 9.17) is 14.2 Å². The molecule has 0 N–H and O–H groups in total. The molecule has 26 heavy (non-hydrogen) atoms. The zero-order valence-corrected chi connectivity index (χ0v) is 16.3. The van der Waals surface area contributed by atoms with Gasteiger partial charge in [0.25, 0.3) is 5.91 Å². The molecule has 0 aliphatic carbocycles. The van der Waals surface area contributed by atoms with Crippen molar-refractivity contribution in [3.63, 3.8) is 0 Å². The Morgan fingerprint density at radius 3 is 2.23 bits per heavy atom. The summed E-state index contributed by atoms with van der Waals surface area (Å²) in [6.45, 7) is 3.69. The van der Waals surface area contributed by atoms with Crippen molar-refractivity contribution < 1.29 is 19.0 Å². The molecular weight excluding hydrogens is 354 g/mol. The lowest BCUT2D eigenvalue weighted by Gasteiger charge is -2.32. The number of amides is 1. The molecule has 0 atom stereocenters. The van der Waals surface area contributed by atoms with E-state index in [0.29, 0.717) is 22.2 Å². The Morgan fingerprint density at radius 2 is 1.62 bits per heavy atom. The highest BCUT2D eigenvalue weighted by molar-refractivity contribution is 8.18. The third-order valence-corrected chi connectivity index (χ3v) is 5.45. The summed E-state index contributed by atoms with van der Waals surface area (Å²) in [6, 6.07) is 3.55. The van der Waals surface area contributed by atoms with Gasteiger partial charge >= 0.3 is 0 Å². The fourth-order valence-corrected chi connectivity index (χ4v) is 3.79. The molecule has 1 amide bonds. The van der Waals surface area contributed by atoms with Gasteiger partial charge in [-0.3, -0.25) is 4.79 Å². The highest BCUT2D eigenvalue weighted by Gasteiger charge is 2.28. The number of methoxy groups -OCH3 is 3. The van der Waals surface area contributed by atoms with Crippen molar-refractivity contribution >= 4 is 28.9 Å². The van der Waals surface area contributed by atoms with Gasteiger partial charge in [0.1, 0.15) is 5.75 Å². The molecule has 0 aromatic heterocycles. The average Bonchev–Trinajstić information content (AvgIpc) is 3.02. The van der Waals surface area contributed by atoms with Gasteiger partial charge in [-0.25, -0.2) is 0 Å². The second-order valence-electron chi connectivity index (χ2n) is 6.05. The summed E-state index contributed by atoms with van der Waals surface area (Å²) in [5.41, 5.74) is 0.746. The summed E-state index contributed by atoms with van der Waals surface area (Å²) in [7, 11) is 6.83. The van der Waals surface area contributed by atoms with Gasteiger partial charge in [-0.15, -0.1) is 0 Å². The Hall–Kier alpha value is -2.19. The van der Waals surface area contributed by atoms with Crippen LogP contribution in [0, 0.1) is 0 Å². The Kier molecular flexibility index (Phi) is 5.73. The summed E-state index contributed by atoms with van der Waals surface area (Å²) < 4.78 is 16.1. The van der Waals surface area contributed by atoms with Crippen LogP contribution in [0.5, 0.6) is 17.2 Å². The molecule has 0 spiro atoms. The Labute approximate surface area is 157 Å². The van der Waals surface area contributed by atoms with Crippen LogP contribution in [0.1, 0.15) is 5.56 Å². The maximum absolute atomic E-state index is 12.4. The van der Waals surface area contributed by atoms with Gasteiger partial charge in [0.15, 0.2) is 16.7 Å². The van der Waals surface area contributed by atoms with Crippen molar-refractivity contribution in [3.05, 3.63) is 22.6 Å². The smallest absolute Gasteiger partial charge is 0.286 e. The van der Waals surface area contributed by atoms with E-state index < -0.39 is 0 Å². The van der Waals surface area contributed by atoms with Gasteiger partial charge in [0.05, 0.1) is 26.2 Å². The normalized spacial score (nSPS) is 19.7. The van der Waals surface area contributed by atoms with Crippen LogP contribution < -0.4 is 14.2 Å². The third kappa shape index (κ3) is 3.81. The topological polar surface area (TPSA) is 63.6 Å². The molecule has 0 unspecified atom stereocenters. The van der Waals surface area contributed by atoms with Gasteiger partial charge in [-0.05, 0) is 31.0 Å². The molecule has 140 valence electrons. The van der Waals surface area contributed by atoms with Crippen LogP contribution in [0.2, 0.25) is 0 Å². The van der Waals surface area contributed by atoms with E-state index in [2.05, 4.69) is 21.8 Å². The van der Waals surface area contributed by atoms with Crippen LogP contribution in [0.15, 0.2) is 22.0 Å². The van der Waals surface area contributed by atoms with Gasteiger partial charge in [-0.2, -0.15) is 4.99 Å². The molecule has 1 saturated heterocycles. The summed E-state index contributed by atoms with van der Waals surface area (Å²) in [5, 5.41) is 0.772. The van der Waals surface area contributed by atoms with Crippen molar-refractivity contribution in [2.45, 2.75) is 0 Å². The first-order chi connectivity index (χ1) is 12.5. The Morgan fingerprint density at radius 1 is 1.00 bits per heavy atom. The largest absolute Gasteiger partial charge is 0.496 e. The van der Waals surface area contributed by atoms with Crippen LogP contribution in [-0.2, 0) is 4.79 Å². The van der Waals surface area contributed by atoms with E-state index in [0.717, 1.165) is 36.9 Å². The van der Waals surface area contributed by atoms with E-state index in [1.807, 2.05) is 0 Å². The van der Waals surface area contributed by atoms with Gasteiger partial charge in [0.2, 0.25) is 0 Å². The summed E-state index contributed by atoms with van der Waals surface area (Å²) >= 11 is 1.41. The van der Waals surface area contributed by atoms with Gasteiger partial charge in [-0.1, -0.05) is 0 Å². The maximum Gasteiger partial charge on any atom is 0.286 e. The number of amidine groups is 1. The van der Waals surface area contributed by atoms with Crippen molar-refractivity contribution in [1.82, 2.24) is 9.80 Å². The first-order valence-corrected chi connectivity index (χ1v) is 9.13. The minimum Gasteiger partial charge on any atom is -0.496 e. The highest BCUT2D eigenvalue weighted by Crippen LogP contribution is 2.38. The molecule has 1 aromatic rings. The molecule has 0 bridgehead atoms. The molecule has 7 nitrogen and oxygen atoms in total. The molecular formula is C18H23N3O4S. The van der Waals surface area contributed by atoms with Crippen molar-refractivity contribution in [1.29, 1.82) is 0 Å². The minimum atomic E-state index is -0.222. The minimum absolute atomic E-state index is 0.222. The fraction of sp³-hybridized carbons (Fsp3) is 0.444. The molecule has 8 heteroatoms. The lowest BCUT2D eigenvalue weighted by Crippen LogP contribution is -2.46. The average molecular weight is 377 g/mol. The maximum atomic E-state index is 12.4. The molecule has 2 heterocycles. The number of ether oxygens (including phenoxy) is 3. The van der Waals surface area contributed by atoms with Crippen LogP contribution in [0.25, 0.3) is 6.08 Å². The van der Waals surface area contributed by atoms with Crippen molar-refractivity contribution in [2.75, 3.05) is 54.6 Å². The number of hydrogen-bond acceptors (Lipinski definition) is 7. The zero-order chi connectivity index (χ0) is 18.7. The first-order valence-electron chi connectivity index (χ1n) is 8.31. The van der Waals surface area contributed by atoms with E-state index in [-0.39, 0.29) is 5.91 Å². The SMILES string of the molecule is COc1cc(OC)c(OC)cc1C=C1SC(N2CCN(C)CC2)=NC1=O. The van der Waals surface area contributed by atoms with E-state index in [9.17, 15) is 4.79 Å². The van der Waals surface area contributed by atoms with Gasteiger partial charge < -0.3 is 24.0 Å². The molecule has 0 saturated carbocycles. The molecule has 3 rings (SSSR count). The molecule has 0 radical (unpaired) electrons. The molecule has 2 aliphatic rings. The molecule has 2 aliphatic heterocycles. The number of hydrogen-bond donors (Lipinski definition) is 0. The molecule has 1 fully saturated rings. The summed E-state index contributed by atoms with van der Waals surface area (Å²) in [5.74, 6) is 1.54.